The van der Waals surface area contributed by atoms with Gasteiger partial charge in [-0.25, -0.2) is 0 Å². The van der Waals surface area contributed by atoms with Crippen LogP contribution in [0.25, 0.3) is 0 Å². The van der Waals surface area contributed by atoms with Crippen LogP contribution in [0.5, 0.6) is 0 Å². The number of rotatable bonds is 4. The third kappa shape index (κ3) is 4.41. The lowest BCUT2D eigenvalue weighted by molar-refractivity contribution is 0.598. The summed E-state index contributed by atoms with van der Waals surface area (Å²) < 4.78 is 0. The first-order valence-corrected chi connectivity index (χ1v) is 3.87. The highest BCUT2D eigenvalue weighted by Crippen LogP contribution is 2.11. The van der Waals surface area contributed by atoms with Gasteiger partial charge in [0, 0.05) is 0 Å². The van der Waals surface area contributed by atoms with E-state index in [2.05, 4.69) is 0 Å². The van der Waals surface area contributed by atoms with Gasteiger partial charge in [-0.15, -0.1) is 0 Å². The molecule has 0 radical (unpaired) electrons. The number of nitrogens with zero attached hydrogens (tertiary/aromatic N) is 4. The molecule has 0 aromatic heterocycles. The second-order valence-electron chi connectivity index (χ2n) is 2.55. The van der Waals surface area contributed by atoms with Crippen molar-refractivity contribution in [2.75, 3.05) is 0 Å². The van der Waals surface area contributed by atoms with Crippen molar-refractivity contribution >= 4 is 0 Å². The van der Waals surface area contributed by atoms with E-state index in [0.717, 1.165) is 0 Å². The zero-order valence-corrected chi connectivity index (χ0v) is 7.06. The summed E-state index contributed by atoms with van der Waals surface area (Å²) >= 11 is 0. The van der Waals surface area contributed by atoms with E-state index in [1.54, 1.807) is 0 Å². The van der Waals surface area contributed by atoms with Crippen molar-refractivity contribution in [2.24, 2.45) is 11.8 Å². The van der Waals surface area contributed by atoms with Crippen molar-refractivity contribution in [2.45, 2.75) is 19.3 Å². The molecule has 0 rings (SSSR count). The molecular formula is C9H8N4. The van der Waals surface area contributed by atoms with Crippen LogP contribution >= 0.6 is 0 Å². The van der Waals surface area contributed by atoms with Crippen molar-refractivity contribution < 1.29 is 0 Å². The molecule has 0 fully saturated rings. The lowest BCUT2D eigenvalue weighted by atomic mass is 10.00. The minimum absolute atomic E-state index is 0.437. The highest BCUT2D eigenvalue weighted by atomic mass is 14.3. The fourth-order valence-electron chi connectivity index (χ4n) is 0.842. The summed E-state index contributed by atoms with van der Waals surface area (Å²) in [6, 6.07) is 7.34. The van der Waals surface area contributed by atoms with Gasteiger partial charge in [-0.3, -0.25) is 0 Å². The van der Waals surface area contributed by atoms with Gasteiger partial charge in [-0.1, -0.05) is 0 Å². The molecule has 0 saturated heterocycles. The molecule has 0 heterocycles. The minimum Gasteiger partial charge on any atom is -0.197 e. The molecule has 0 spiro atoms. The third-order valence-corrected chi connectivity index (χ3v) is 1.61. The first-order chi connectivity index (χ1) is 6.28. The molecule has 0 aliphatic heterocycles. The summed E-state index contributed by atoms with van der Waals surface area (Å²) in [6.45, 7) is 0. The summed E-state index contributed by atoms with van der Waals surface area (Å²) in [4.78, 5) is 0. The van der Waals surface area contributed by atoms with Gasteiger partial charge >= 0.3 is 0 Å². The van der Waals surface area contributed by atoms with E-state index in [1.807, 2.05) is 24.3 Å². The number of hydrogen-bond acceptors (Lipinski definition) is 4. The van der Waals surface area contributed by atoms with Crippen molar-refractivity contribution in [3.8, 4) is 24.3 Å². The van der Waals surface area contributed by atoms with Crippen LogP contribution in [0.1, 0.15) is 19.3 Å². The van der Waals surface area contributed by atoms with E-state index in [-0.39, 0.29) is 0 Å². The Hall–Kier alpha value is -2.04. The molecule has 0 unspecified atom stereocenters. The van der Waals surface area contributed by atoms with Gasteiger partial charge in [0.05, 0.1) is 24.3 Å². The first kappa shape index (κ1) is 11.0. The van der Waals surface area contributed by atoms with E-state index < -0.39 is 11.8 Å². The lowest BCUT2D eigenvalue weighted by Crippen LogP contribution is -1.97. The Labute approximate surface area is 77.2 Å². The van der Waals surface area contributed by atoms with E-state index in [9.17, 15) is 0 Å². The zero-order chi connectivity index (χ0) is 10.1. The fourth-order valence-corrected chi connectivity index (χ4v) is 0.842. The topological polar surface area (TPSA) is 95.2 Å². The predicted octanol–water partition coefficient (Wildman–Crippen LogP) is 1.48. The molecule has 0 aromatic rings. The standard InChI is InChI=1S/C9H8N4/c10-4-8(5-11)2-1-3-9(6-12)7-13/h8-9H,1-3H2. The van der Waals surface area contributed by atoms with Crippen LogP contribution < -0.4 is 0 Å². The van der Waals surface area contributed by atoms with E-state index >= 15 is 0 Å². The largest absolute Gasteiger partial charge is 0.197 e. The normalized spacial score (nSPS) is 8.46. The Morgan fingerprint density at radius 1 is 0.692 bits per heavy atom. The molecule has 0 atom stereocenters. The summed E-state index contributed by atoms with van der Waals surface area (Å²) in [5.41, 5.74) is 0. The summed E-state index contributed by atoms with van der Waals surface area (Å²) in [6.07, 6.45) is 1.44. The highest BCUT2D eigenvalue weighted by Gasteiger charge is 2.08. The molecule has 0 saturated carbocycles. The second-order valence-corrected chi connectivity index (χ2v) is 2.55. The van der Waals surface area contributed by atoms with E-state index in [1.165, 1.54) is 0 Å². The highest BCUT2D eigenvalue weighted by molar-refractivity contribution is 5.01. The van der Waals surface area contributed by atoms with Crippen molar-refractivity contribution in [3.05, 3.63) is 0 Å². The van der Waals surface area contributed by atoms with Crippen molar-refractivity contribution in [1.82, 2.24) is 0 Å². The summed E-state index contributed by atoms with van der Waals surface area (Å²) in [7, 11) is 0. The van der Waals surface area contributed by atoms with Crippen LogP contribution in [0, 0.1) is 57.2 Å². The Morgan fingerprint density at radius 2 is 1.00 bits per heavy atom. The van der Waals surface area contributed by atoms with Gasteiger partial charge in [0.15, 0.2) is 0 Å². The Bertz CT molecular complexity index is 246. The Morgan fingerprint density at radius 3 is 1.23 bits per heavy atom. The predicted molar refractivity (Wildman–Crippen MR) is 43.3 cm³/mol. The van der Waals surface area contributed by atoms with Crippen molar-refractivity contribution in [1.29, 1.82) is 21.0 Å². The van der Waals surface area contributed by atoms with Crippen molar-refractivity contribution in [3.63, 3.8) is 0 Å². The fraction of sp³-hybridized carbons (Fsp3) is 0.556. The molecule has 13 heavy (non-hydrogen) atoms. The second kappa shape index (κ2) is 6.66. The average Bonchev–Trinajstić information content (AvgIpc) is 2.19. The van der Waals surface area contributed by atoms with Crippen LogP contribution in [0.2, 0.25) is 0 Å². The van der Waals surface area contributed by atoms with Gasteiger partial charge in [0.2, 0.25) is 0 Å². The molecular weight excluding hydrogens is 164 g/mol. The maximum atomic E-state index is 8.40. The third-order valence-electron chi connectivity index (χ3n) is 1.61. The molecule has 0 aliphatic rings. The maximum absolute atomic E-state index is 8.40. The first-order valence-electron chi connectivity index (χ1n) is 3.87. The zero-order valence-electron chi connectivity index (χ0n) is 7.06. The van der Waals surface area contributed by atoms with Crippen LogP contribution in [0.3, 0.4) is 0 Å². The number of nitriles is 4. The van der Waals surface area contributed by atoms with Gasteiger partial charge in [-0.05, 0) is 19.3 Å². The van der Waals surface area contributed by atoms with Crippen LogP contribution in [0.15, 0.2) is 0 Å². The molecule has 4 nitrogen and oxygen atoms in total. The number of hydrogen-bond donors (Lipinski definition) is 0. The molecule has 0 N–H and O–H groups in total. The average molecular weight is 172 g/mol. The Kier molecular flexibility index (Phi) is 5.61. The minimum atomic E-state index is -0.613. The van der Waals surface area contributed by atoms with Gasteiger partial charge < -0.3 is 0 Å². The molecule has 0 amide bonds. The van der Waals surface area contributed by atoms with Gasteiger partial charge in [-0.2, -0.15) is 21.0 Å². The SMILES string of the molecule is N#CC(C#N)CCCC(C#N)C#N. The smallest absolute Gasteiger partial charge is 0.133 e. The van der Waals surface area contributed by atoms with Gasteiger partial charge in [0.1, 0.15) is 11.8 Å². The molecule has 0 bridgehead atoms. The molecule has 64 valence electrons. The maximum Gasteiger partial charge on any atom is 0.133 e. The van der Waals surface area contributed by atoms with Crippen LogP contribution in [0.4, 0.5) is 0 Å². The summed E-state index contributed by atoms with van der Waals surface area (Å²) in [5.74, 6) is -1.23. The quantitative estimate of drug-likeness (QED) is 0.641. The van der Waals surface area contributed by atoms with Crippen LogP contribution in [-0.2, 0) is 0 Å². The lowest BCUT2D eigenvalue weighted by Gasteiger charge is -1.99. The van der Waals surface area contributed by atoms with E-state index in [4.69, 9.17) is 21.0 Å². The Balaban J connectivity index is 3.72. The van der Waals surface area contributed by atoms with Gasteiger partial charge in [0.25, 0.3) is 0 Å². The summed E-state index contributed by atoms with van der Waals surface area (Å²) in [5, 5.41) is 33.6. The molecule has 0 aromatic carbocycles. The molecule has 4 heteroatoms. The van der Waals surface area contributed by atoms with E-state index in [0.29, 0.717) is 19.3 Å². The monoisotopic (exact) mass is 172 g/mol. The van der Waals surface area contributed by atoms with Crippen LogP contribution in [-0.4, -0.2) is 0 Å². The molecule has 0 aliphatic carbocycles.